The second kappa shape index (κ2) is 5.25. The Morgan fingerprint density at radius 3 is 3.06 bits per heavy atom. The predicted molar refractivity (Wildman–Crippen MR) is 68.6 cm³/mol. The minimum absolute atomic E-state index is 0.610. The summed E-state index contributed by atoms with van der Waals surface area (Å²) in [5.41, 5.74) is 0. The molecule has 1 aromatic heterocycles. The third kappa shape index (κ3) is 2.81. The summed E-state index contributed by atoms with van der Waals surface area (Å²) >= 11 is 1.76. The molecule has 1 saturated heterocycles. The van der Waals surface area contributed by atoms with Gasteiger partial charge < -0.3 is 5.32 Å². The van der Waals surface area contributed by atoms with Crippen molar-refractivity contribution >= 4 is 11.3 Å². The number of piperazine rings is 1. The van der Waals surface area contributed by atoms with Crippen LogP contribution in [-0.4, -0.2) is 35.1 Å². The van der Waals surface area contributed by atoms with Gasteiger partial charge in [0.05, 0.1) is 6.54 Å². The highest BCUT2D eigenvalue weighted by molar-refractivity contribution is 7.09. The maximum absolute atomic E-state index is 4.37. The van der Waals surface area contributed by atoms with Crippen LogP contribution in [0.1, 0.15) is 25.8 Å². The van der Waals surface area contributed by atoms with E-state index < -0.39 is 0 Å². The zero-order valence-corrected chi connectivity index (χ0v) is 11.1. The molecule has 2 unspecified atom stereocenters. The van der Waals surface area contributed by atoms with Gasteiger partial charge in [0.15, 0.2) is 0 Å². The third-order valence-corrected chi connectivity index (χ3v) is 4.12. The van der Waals surface area contributed by atoms with E-state index >= 15 is 0 Å². The molecule has 2 atom stereocenters. The average Bonchev–Trinajstić information content (AvgIpc) is 2.73. The van der Waals surface area contributed by atoms with Crippen LogP contribution in [0, 0.1) is 5.92 Å². The van der Waals surface area contributed by atoms with Crippen molar-refractivity contribution in [2.75, 3.05) is 13.1 Å². The van der Waals surface area contributed by atoms with Gasteiger partial charge in [0.25, 0.3) is 0 Å². The predicted octanol–water partition coefficient (Wildman–Crippen LogP) is 1.96. The monoisotopic (exact) mass is 239 g/mol. The quantitative estimate of drug-likeness (QED) is 0.874. The van der Waals surface area contributed by atoms with E-state index in [0.29, 0.717) is 18.0 Å². The molecule has 1 fully saturated rings. The van der Waals surface area contributed by atoms with Crippen LogP contribution in [0.25, 0.3) is 0 Å². The van der Waals surface area contributed by atoms with Crippen LogP contribution in [0.3, 0.4) is 0 Å². The first-order valence-corrected chi connectivity index (χ1v) is 6.90. The molecule has 1 aliphatic heterocycles. The third-order valence-electron chi connectivity index (χ3n) is 3.36. The van der Waals surface area contributed by atoms with Crippen molar-refractivity contribution in [3.05, 3.63) is 16.6 Å². The van der Waals surface area contributed by atoms with Crippen molar-refractivity contribution < 1.29 is 0 Å². The lowest BCUT2D eigenvalue weighted by Crippen LogP contribution is -2.56. The van der Waals surface area contributed by atoms with E-state index in [9.17, 15) is 0 Å². The summed E-state index contributed by atoms with van der Waals surface area (Å²) in [5.74, 6) is 0.700. The van der Waals surface area contributed by atoms with Crippen LogP contribution >= 0.6 is 11.3 Å². The van der Waals surface area contributed by atoms with E-state index in [1.165, 1.54) is 5.01 Å². The van der Waals surface area contributed by atoms with E-state index in [-0.39, 0.29) is 0 Å². The Morgan fingerprint density at radius 1 is 1.62 bits per heavy atom. The molecule has 16 heavy (non-hydrogen) atoms. The Kier molecular flexibility index (Phi) is 3.95. The number of nitrogens with one attached hydrogen (secondary N) is 1. The van der Waals surface area contributed by atoms with Gasteiger partial charge in [0.2, 0.25) is 0 Å². The molecule has 0 aromatic carbocycles. The Hall–Kier alpha value is -0.450. The highest BCUT2D eigenvalue weighted by atomic mass is 32.1. The van der Waals surface area contributed by atoms with Crippen molar-refractivity contribution in [3.8, 4) is 0 Å². The molecule has 0 saturated carbocycles. The molecule has 1 N–H and O–H groups in total. The fourth-order valence-corrected chi connectivity index (χ4v) is 2.76. The van der Waals surface area contributed by atoms with Crippen LogP contribution in [0.15, 0.2) is 11.6 Å². The summed E-state index contributed by atoms with van der Waals surface area (Å²) in [4.78, 5) is 6.91. The van der Waals surface area contributed by atoms with E-state index in [1.54, 1.807) is 11.3 Å². The van der Waals surface area contributed by atoms with Gasteiger partial charge in [-0.2, -0.15) is 0 Å². The molecule has 0 amide bonds. The second-order valence-electron chi connectivity index (χ2n) is 4.96. The molecule has 1 aliphatic rings. The van der Waals surface area contributed by atoms with Crippen LogP contribution < -0.4 is 5.32 Å². The number of rotatable bonds is 3. The fraction of sp³-hybridized carbons (Fsp3) is 0.750. The van der Waals surface area contributed by atoms with Gasteiger partial charge in [-0.15, -0.1) is 11.3 Å². The molecule has 4 heteroatoms. The molecule has 0 aliphatic carbocycles. The number of aromatic nitrogens is 1. The first-order valence-electron chi connectivity index (χ1n) is 6.02. The van der Waals surface area contributed by atoms with E-state index in [4.69, 9.17) is 0 Å². The smallest absolute Gasteiger partial charge is 0.107 e. The van der Waals surface area contributed by atoms with Gasteiger partial charge in [-0.25, -0.2) is 4.98 Å². The standard InChI is InChI=1S/C12H21N3S/c1-9(2)11-7-15(10(3)6-14-11)8-12-13-4-5-16-12/h4-5,9-11,14H,6-8H2,1-3H3. The van der Waals surface area contributed by atoms with Crippen molar-refractivity contribution in [2.24, 2.45) is 5.92 Å². The lowest BCUT2D eigenvalue weighted by molar-refractivity contribution is 0.116. The average molecular weight is 239 g/mol. The zero-order chi connectivity index (χ0) is 11.5. The molecule has 0 radical (unpaired) electrons. The molecule has 1 aromatic rings. The van der Waals surface area contributed by atoms with Crippen LogP contribution in [0.4, 0.5) is 0 Å². The van der Waals surface area contributed by atoms with Crippen molar-refractivity contribution in [3.63, 3.8) is 0 Å². The van der Waals surface area contributed by atoms with Crippen molar-refractivity contribution in [1.82, 2.24) is 15.2 Å². The minimum atomic E-state index is 0.610. The van der Waals surface area contributed by atoms with Crippen LogP contribution in [0.2, 0.25) is 0 Å². The van der Waals surface area contributed by atoms with Gasteiger partial charge >= 0.3 is 0 Å². The number of thiazole rings is 1. The lowest BCUT2D eigenvalue weighted by atomic mass is 10.00. The van der Waals surface area contributed by atoms with Gasteiger partial charge in [-0.05, 0) is 12.8 Å². The number of hydrogen-bond donors (Lipinski definition) is 1. The van der Waals surface area contributed by atoms with Crippen molar-refractivity contribution in [1.29, 1.82) is 0 Å². The number of nitrogens with zero attached hydrogens (tertiary/aromatic N) is 2. The highest BCUT2D eigenvalue weighted by Crippen LogP contribution is 2.16. The zero-order valence-electron chi connectivity index (χ0n) is 10.3. The Balaban J connectivity index is 1.96. The molecule has 2 heterocycles. The van der Waals surface area contributed by atoms with E-state index in [0.717, 1.165) is 19.6 Å². The van der Waals surface area contributed by atoms with E-state index in [1.807, 2.05) is 6.20 Å². The number of hydrogen-bond acceptors (Lipinski definition) is 4. The molecule has 0 bridgehead atoms. The molecule has 2 rings (SSSR count). The molecule has 0 spiro atoms. The lowest BCUT2D eigenvalue weighted by Gasteiger charge is -2.40. The molecule has 90 valence electrons. The SMILES string of the molecule is CC(C)C1CN(Cc2nccs2)C(C)CN1. The van der Waals surface area contributed by atoms with E-state index in [2.05, 4.69) is 41.4 Å². The van der Waals surface area contributed by atoms with Gasteiger partial charge in [0.1, 0.15) is 5.01 Å². The normalized spacial score (nSPS) is 27.5. The first kappa shape index (κ1) is 12.0. The topological polar surface area (TPSA) is 28.2 Å². The Morgan fingerprint density at radius 2 is 2.44 bits per heavy atom. The Bertz CT molecular complexity index is 310. The van der Waals surface area contributed by atoms with Gasteiger partial charge in [-0.3, -0.25) is 4.90 Å². The first-order chi connectivity index (χ1) is 7.66. The molecule has 3 nitrogen and oxygen atoms in total. The molecular formula is C12H21N3S. The maximum atomic E-state index is 4.37. The second-order valence-corrected chi connectivity index (χ2v) is 5.94. The van der Waals surface area contributed by atoms with Gasteiger partial charge in [0, 0.05) is 36.8 Å². The summed E-state index contributed by atoms with van der Waals surface area (Å²) in [5, 5.41) is 6.91. The Labute approximate surface area is 102 Å². The largest absolute Gasteiger partial charge is 0.311 e. The summed E-state index contributed by atoms with van der Waals surface area (Å²) in [7, 11) is 0. The summed E-state index contributed by atoms with van der Waals surface area (Å²) in [6, 6.07) is 1.23. The maximum Gasteiger partial charge on any atom is 0.107 e. The van der Waals surface area contributed by atoms with Crippen molar-refractivity contribution in [2.45, 2.75) is 39.4 Å². The van der Waals surface area contributed by atoms with Gasteiger partial charge in [-0.1, -0.05) is 13.8 Å². The fourth-order valence-electron chi connectivity index (χ4n) is 2.12. The van der Waals surface area contributed by atoms with Crippen LogP contribution in [0.5, 0.6) is 0 Å². The summed E-state index contributed by atoms with van der Waals surface area (Å²) in [6.45, 7) is 10.1. The highest BCUT2D eigenvalue weighted by Gasteiger charge is 2.26. The van der Waals surface area contributed by atoms with Crippen LogP contribution in [-0.2, 0) is 6.54 Å². The molecular weight excluding hydrogens is 218 g/mol. The minimum Gasteiger partial charge on any atom is -0.311 e. The summed E-state index contributed by atoms with van der Waals surface area (Å²) in [6.07, 6.45) is 1.90. The summed E-state index contributed by atoms with van der Waals surface area (Å²) < 4.78 is 0.